The fourth-order valence-electron chi connectivity index (χ4n) is 0.506. The Labute approximate surface area is 70.8 Å². The summed E-state index contributed by atoms with van der Waals surface area (Å²) in [4.78, 5) is 20.7. The topological polar surface area (TPSA) is 34.1 Å². The van der Waals surface area contributed by atoms with E-state index < -0.39 is 0 Å². The van der Waals surface area contributed by atoms with Gasteiger partial charge in [0.2, 0.25) is 0 Å². The summed E-state index contributed by atoms with van der Waals surface area (Å²) in [5, 5.41) is 0. The minimum Gasteiger partial charge on any atom is -0.241 e. The van der Waals surface area contributed by atoms with Crippen molar-refractivity contribution < 1.29 is 23.7 Å². The van der Waals surface area contributed by atoms with Crippen LogP contribution < -0.4 is 0 Å². The summed E-state index contributed by atoms with van der Waals surface area (Å²) in [5.74, 6) is 0. The molecular formula is C8H7FeO2-. The van der Waals surface area contributed by atoms with E-state index in [1.807, 2.05) is 12.2 Å². The van der Waals surface area contributed by atoms with E-state index in [-0.39, 0.29) is 14.1 Å². The quantitative estimate of drug-likeness (QED) is 0.421. The maximum absolute atomic E-state index is 9.02. The van der Waals surface area contributed by atoms with E-state index in [1.165, 1.54) is 15.1 Å². The van der Waals surface area contributed by atoms with Gasteiger partial charge in [-0.3, -0.25) is 0 Å². The molecule has 0 aromatic rings. The first-order valence-electron chi connectivity index (χ1n) is 2.83. The summed E-state index contributed by atoms with van der Waals surface area (Å²) >= 11 is -0.222. The van der Waals surface area contributed by atoms with Crippen molar-refractivity contribution in [1.29, 1.82) is 0 Å². The fourth-order valence-corrected chi connectivity index (χ4v) is 0.552. The minimum atomic E-state index is -0.222. The number of allylic oxidation sites excluding steroid dienone is 4. The van der Waals surface area contributed by atoms with Gasteiger partial charge in [0.25, 0.3) is 0 Å². The van der Waals surface area contributed by atoms with E-state index in [2.05, 4.69) is 13.0 Å². The van der Waals surface area contributed by atoms with Crippen molar-refractivity contribution in [2.24, 2.45) is 0 Å². The van der Waals surface area contributed by atoms with Gasteiger partial charge in [0, 0.05) is 0 Å². The zero-order valence-electron chi connectivity index (χ0n) is 5.82. The van der Waals surface area contributed by atoms with E-state index in [1.54, 1.807) is 0 Å². The largest absolute Gasteiger partial charge is 0.241 e. The first kappa shape index (κ1) is 10.0. The van der Waals surface area contributed by atoms with Crippen LogP contribution in [0.3, 0.4) is 0 Å². The maximum Gasteiger partial charge on any atom is -0.0440 e. The van der Waals surface area contributed by atoms with Crippen LogP contribution in [-0.4, -0.2) is 9.57 Å². The zero-order chi connectivity index (χ0) is 8.53. The standard InChI is InChI=1S/C6H7.2CO.Fe/c1-6-4-2-3-5-6;2*1-2;/h2-4H,1,5H2;;;/q-1;;;. The molecule has 0 unspecified atom stereocenters. The van der Waals surface area contributed by atoms with Crippen molar-refractivity contribution in [3.63, 3.8) is 0 Å². The summed E-state index contributed by atoms with van der Waals surface area (Å²) < 4.78 is 0. The first-order chi connectivity index (χ1) is 5.31. The Kier molecular flexibility index (Phi) is 6.51. The minimum absolute atomic E-state index is 0.222. The molecule has 0 N–H and O–H groups in total. The Morgan fingerprint density at radius 1 is 1.45 bits per heavy atom. The van der Waals surface area contributed by atoms with Gasteiger partial charge >= 0.3 is 33.2 Å². The number of hydrogen-bond donors (Lipinski definition) is 0. The molecule has 0 heterocycles. The second-order valence-electron chi connectivity index (χ2n) is 1.69. The van der Waals surface area contributed by atoms with Gasteiger partial charge in [-0.15, -0.1) is 12.2 Å². The molecule has 1 aliphatic rings. The van der Waals surface area contributed by atoms with Crippen LogP contribution in [0.25, 0.3) is 0 Å². The summed E-state index contributed by atoms with van der Waals surface area (Å²) in [6.07, 6.45) is 7.21. The molecule has 1 rings (SSSR count). The molecule has 0 radical (unpaired) electrons. The summed E-state index contributed by atoms with van der Waals surface area (Å²) in [7, 11) is 0. The maximum atomic E-state index is 9.02. The molecule has 0 amide bonds. The Bertz CT molecular complexity index is 260. The predicted octanol–water partition coefficient (Wildman–Crippen LogP) is 0.910. The van der Waals surface area contributed by atoms with Gasteiger partial charge < -0.3 is 0 Å². The van der Waals surface area contributed by atoms with Crippen molar-refractivity contribution in [2.45, 2.75) is 6.42 Å². The Morgan fingerprint density at radius 3 is 2.18 bits per heavy atom. The molecule has 0 aromatic carbocycles. The van der Waals surface area contributed by atoms with Crippen LogP contribution in [0.4, 0.5) is 0 Å². The number of rotatable bonds is 0. The third-order valence-corrected chi connectivity index (χ3v) is 1.15. The third kappa shape index (κ3) is 6.92. The average molecular weight is 191 g/mol. The summed E-state index contributed by atoms with van der Waals surface area (Å²) in [5.41, 5.74) is 1.22. The third-order valence-electron chi connectivity index (χ3n) is 0.920. The molecule has 0 aliphatic heterocycles. The SMILES string of the molecule is O=[C]=[Fe]=[C]=O.[CH2-]C1=CC=CC1. The number of carbonyl (C=O) groups excluding carboxylic acids is 2. The average Bonchev–Trinajstić information content (AvgIpc) is 2.43. The molecule has 60 valence electrons. The molecule has 0 saturated heterocycles. The Morgan fingerprint density at radius 2 is 2.09 bits per heavy atom. The summed E-state index contributed by atoms with van der Waals surface area (Å²) in [6.45, 7) is 3.74. The zero-order valence-corrected chi connectivity index (χ0v) is 6.92. The van der Waals surface area contributed by atoms with Gasteiger partial charge in [-0.1, -0.05) is 0 Å². The normalized spacial score (nSPS) is 12.2. The smallest absolute Gasteiger partial charge is 0.0440 e. The molecule has 0 fully saturated rings. The van der Waals surface area contributed by atoms with Gasteiger partial charge in [0.1, 0.15) is 0 Å². The molecule has 2 nitrogen and oxygen atoms in total. The molecule has 0 atom stereocenters. The monoisotopic (exact) mass is 191 g/mol. The van der Waals surface area contributed by atoms with Crippen LogP contribution in [-0.2, 0) is 23.7 Å². The fraction of sp³-hybridized carbons (Fsp3) is 0.125. The van der Waals surface area contributed by atoms with Crippen molar-refractivity contribution in [3.05, 3.63) is 30.7 Å². The van der Waals surface area contributed by atoms with Gasteiger partial charge in [-0.25, -0.2) is 18.6 Å². The van der Waals surface area contributed by atoms with Crippen molar-refractivity contribution in [1.82, 2.24) is 0 Å². The molecule has 3 heteroatoms. The van der Waals surface area contributed by atoms with Crippen molar-refractivity contribution in [2.75, 3.05) is 0 Å². The second kappa shape index (κ2) is 7.14. The predicted molar refractivity (Wildman–Crippen MR) is 38.6 cm³/mol. The van der Waals surface area contributed by atoms with Crippen molar-refractivity contribution in [3.8, 4) is 0 Å². The first-order valence-corrected chi connectivity index (χ1v) is 3.94. The second-order valence-corrected chi connectivity index (χ2v) is 2.42. The molecule has 1 aliphatic carbocycles. The molecule has 0 saturated carbocycles. The van der Waals surface area contributed by atoms with Crippen LogP contribution in [0, 0.1) is 6.92 Å². The van der Waals surface area contributed by atoms with E-state index in [4.69, 9.17) is 9.59 Å². The Hall–Kier alpha value is -0.971. The molecule has 11 heavy (non-hydrogen) atoms. The van der Waals surface area contributed by atoms with E-state index in [9.17, 15) is 0 Å². The van der Waals surface area contributed by atoms with Gasteiger partial charge in [0.05, 0.1) is 0 Å². The van der Waals surface area contributed by atoms with Gasteiger partial charge in [-0.2, -0.15) is 0 Å². The Balaban J connectivity index is 0.000000187. The van der Waals surface area contributed by atoms with Crippen LogP contribution in [0.5, 0.6) is 0 Å². The van der Waals surface area contributed by atoms with Crippen LogP contribution in [0.2, 0.25) is 0 Å². The summed E-state index contributed by atoms with van der Waals surface area (Å²) in [6, 6.07) is 0. The van der Waals surface area contributed by atoms with Crippen LogP contribution >= 0.6 is 0 Å². The van der Waals surface area contributed by atoms with E-state index in [0.717, 1.165) is 6.42 Å². The van der Waals surface area contributed by atoms with Crippen LogP contribution in [0.1, 0.15) is 6.42 Å². The van der Waals surface area contributed by atoms with E-state index in [0.29, 0.717) is 0 Å². The van der Waals surface area contributed by atoms with Crippen LogP contribution in [0.15, 0.2) is 23.8 Å². The molecule has 0 spiro atoms. The van der Waals surface area contributed by atoms with Gasteiger partial charge in [-0.05, 0) is 6.42 Å². The molecular weight excluding hydrogens is 184 g/mol. The van der Waals surface area contributed by atoms with Crippen molar-refractivity contribution >= 4 is 9.57 Å². The molecule has 0 aromatic heterocycles. The van der Waals surface area contributed by atoms with E-state index >= 15 is 0 Å². The van der Waals surface area contributed by atoms with Gasteiger partial charge in [0.15, 0.2) is 0 Å². The molecule has 0 bridgehead atoms. The number of hydrogen-bond acceptors (Lipinski definition) is 2.